The van der Waals surface area contributed by atoms with Crippen molar-refractivity contribution in [3.8, 4) is 5.95 Å². The Morgan fingerprint density at radius 2 is 1.67 bits per heavy atom. The lowest BCUT2D eigenvalue weighted by atomic mass is 10.0. The van der Waals surface area contributed by atoms with Gasteiger partial charge in [0.15, 0.2) is 0 Å². The highest BCUT2D eigenvalue weighted by Gasteiger charge is 2.25. The maximum atomic E-state index is 12.8. The quantitative estimate of drug-likeness (QED) is 0.643. The van der Waals surface area contributed by atoms with Crippen molar-refractivity contribution in [1.29, 1.82) is 0 Å². The lowest BCUT2D eigenvalue weighted by molar-refractivity contribution is -0.121. The number of piperidine rings is 1. The Balaban J connectivity index is 1.36. The second kappa shape index (κ2) is 9.48. The molecular weight excluding hydrogens is 418 g/mol. The molecule has 172 valence electrons. The van der Waals surface area contributed by atoms with Crippen molar-refractivity contribution in [3.05, 3.63) is 64.5 Å². The van der Waals surface area contributed by atoms with E-state index in [0.717, 1.165) is 41.2 Å². The number of aromatic nitrogens is 5. The molecule has 1 aliphatic heterocycles. The van der Waals surface area contributed by atoms with Crippen molar-refractivity contribution in [2.75, 3.05) is 13.1 Å². The SMILES string of the molecule is Cc1cc(C)nc(-n2nc(C)c(CC(=O)NC3CCN(C(=O)c4ccncc4)CC3)c2C)n1. The predicted molar refractivity (Wildman–Crippen MR) is 123 cm³/mol. The molecular formula is C24H29N7O2. The van der Waals surface area contributed by atoms with Gasteiger partial charge in [-0.15, -0.1) is 0 Å². The molecule has 0 bridgehead atoms. The number of nitrogens with one attached hydrogen (secondary N) is 1. The molecule has 33 heavy (non-hydrogen) atoms. The molecule has 1 aliphatic rings. The average Bonchev–Trinajstić information content (AvgIpc) is 3.07. The smallest absolute Gasteiger partial charge is 0.253 e. The second-order valence-electron chi connectivity index (χ2n) is 8.56. The molecule has 0 aliphatic carbocycles. The van der Waals surface area contributed by atoms with E-state index in [1.54, 1.807) is 29.2 Å². The van der Waals surface area contributed by atoms with Crippen LogP contribution in [0.15, 0.2) is 30.6 Å². The first-order chi connectivity index (χ1) is 15.8. The maximum Gasteiger partial charge on any atom is 0.253 e. The predicted octanol–water partition coefficient (Wildman–Crippen LogP) is 2.25. The monoisotopic (exact) mass is 447 g/mol. The molecule has 4 heterocycles. The van der Waals surface area contributed by atoms with E-state index in [-0.39, 0.29) is 24.3 Å². The molecule has 0 atom stereocenters. The number of amides is 2. The molecule has 1 fully saturated rings. The first kappa shape index (κ1) is 22.6. The van der Waals surface area contributed by atoms with Crippen molar-refractivity contribution < 1.29 is 9.59 Å². The fourth-order valence-electron chi connectivity index (χ4n) is 4.27. The average molecular weight is 448 g/mol. The van der Waals surface area contributed by atoms with E-state index in [9.17, 15) is 9.59 Å². The maximum absolute atomic E-state index is 12.8. The summed E-state index contributed by atoms with van der Waals surface area (Å²) < 4.78 is 1.71. The Kier molecular flexibility index (Phi) is 6.48. The molecule has 0 saturated carbocycles. The lowest BCUT2D eigenvalue weighted by Gasteiger charge is -2.32. The number of carbonyl (C=O) groups excluding carboxylic acids is 2. The minimum atomic E-state index is -0.0407. The first-order valence-electron chi connectivity index (χ1n) is 11.2. The van der Waals surface area contributed by atoms with Gasteiger partial charge in [-0.05, 0) is 58.7 Å². The van der Waals surface area contributed by atoms with E-state index < -0.39 is 0 Å². The van der Waals surface area contributed by atoms with Crippen LogP contribution in [0.3, 0.4) is 0 Å². The summed E-state index contributed by atoms with van der Waals surface area (Å²) in [5.41, 5.74) is 4.94. The van der Waals surface area contributed by atoms with Crippen molar-refractivity contribution in [3.63, 3.8) is 0 Å². The van der Waals surface area contributed by atoms with Gasteiger partial charge < -0.3 is 10.2 Å². The van der Waals surface area contributed by atoms with Gasteiger partial charge in [0, 0.05) is 59.7 Å². The highest BCUT2D eigenvalue weighted by Crippen LogP contribution is 2.18. The number of nitrogens with zero attached hydrogens (tertiary/aromatic N) is 6. The third-order valence-corrected chi connectivity index (χ3v) is 6.01. The van der Waals surface area contributed by atoms with Crippen LogP contribution in [0.4, 0.5) is 0 Å². The lowest BCUT2D eigenvalue weighted by Crippen LogP contribution is -2.46. The summed E-state index contributed by atoms with van der Waals surface area (Å²) >= 11 is 0. The highest BCUT2D eigenvalue weighted by molar-refractivity contribution is 5.94. The number of rotatable bonds is 5. The van der Waals surface area contributed by atoms with Crippen LogP contribution in [0.25, 0.3) is 5.95 Å². The zero-order chi connectivity index (χ0) is 23.5. The van der Waals surface area contributed by atoms with E-state index >= 15 is 0 Å². The number of aryl methyl sites for hydroxylation is 3. The Hall–Kier alpha value is -3.62. The Morgan fingerprint density at radius 1 is 1.03 bits per heavy atom. The van der Waals surface area contributed by atoms with Crippen molar-refractivity contribution in [2.45, 2.75) is 53.0 Å². The summed E-state index contributed by atoms with van der Waals surface area (Å²) in [4.78, 5) is 40.2. The third kappa shape index (κ3) is 5.08. The number of hydrogen-bond donors (Lipinski definition) is 1. The Bertz CT molecular complexity index is 1140. The molecule has 0 radical (unpaired) electrons. The zero-order valence-corrected chi connectivity index (χ0v) is 19.5. The van der Waals surface area contributed by atoms with Crippen LogP contribution in [-0.2, 0) is 11.2 Å². The minimum Gasteiger partial charge on any atom is -0.353 e. The number of carbonyl (C=O) groups is 2. The summed E-state index contributed by atoms with van der Waals surface area (Å²) in [6.07, 6.45) is 4.96. The minimum absolute atomic E-state index is 0.00875. The Labute approximate surface area is 193 Å². The van der Waals surface area contributed by atoms with E-state index in [0.29, 0.717) is 24.6 Å². The molecule has 3 aromatic rings. The van der Waals surface area contributed by atoms with Crippen LogP contribution < -0.4 is 5.32 Å². The normalized spacial score (nSPS) is 14.4. The number of likely N-dealkylation sites (tertiary alicyclic amines) is 1. The molecule has 0 spiro atoms. The topological polar surface area (TPSA) is 106 Å². The summed E-state index contributed by atoms with van der Waals surface area (Å²) in [6, 6.07) is 5.42. The molecule has 1 N–H and O–H groups in total. The highest BCUT2D eigenvalue weighted by atomic mass is 16.2. The van der Waals surface area contributed by atoms with Gasteiger partial charge >= 0.3 is 0 Å². The molecule has 0 unspecified atom stereocenters. The van der Waals surface area contributed by atoms with E-state index in [4.69, 9.17) is 0 Å². The molecule has 1 saturated heterocycles. The van der Waals surface area contributed by atoms with Gasteiger partial charge in [-0.3, -0.25) is 14.6 Å². The van der Waals surface area contributed by atoms with Crippen LogP contribution in [0, 0.1) is 27.7 Å². The van der Waals surface area contributed by atoms with Gasteiger partial charge in [-0.25, -0.2) is 14.6 Å². The second-order valence-corrected chi connectivity index (χ2v) is 8.56. The molecule has 0 aromatic carbocycles. The van der Waals surface area contributed by atoms with Gasteiger partial charge in [0.2, 0.25) is 5.91 Å². The van der Waals surface area contributed by atoms with E-state index in [1.807, 2.05) is 38.7 Å². The Morgan fingerprint density at radius 3 is 2.30 bits per heavy atom. The number of pyridine rings is 1. The molecule has 9 heteroatoms. The summed E-state index contributed by atoms with van der Waals surface area (Å²) in [7, 11) is 0. The van der Waals surface area contributed by atoms with Gasteiger partial charge in [0.25, 0.3) is 11.9 Å². The van der Waals surface area contributed by atoms with Gasteiger partial charge in [0.1, 0.15) is 0 Å². The van der Waals surface area contributed by atoms with Crippen LogP contribution in [0.5, 0.6) is 0 Å². The largest absolute Gasteiger partial charge is 0.353 e. The summed E-state index contributed by atoms with van der Waals surface area (Å²) in [6.45, 7) is 8.92. The van der Waals surface area contributed by atoms with Gasteiger partial charge in [-0.1, -0.05) is 0 Å². The van der Waals surface area contributed by atoms with Crippen molar-refractivity contribution in [1.82, 2.24) is 34.9 Å². The van der Waals surface area contributed by atoms with Crippen LogP contribution in [0.1, 0.15) is 51.5 Å². The standard InChI is InChI=1S/C24H29N7O2/c1-15-13-16(2)27-24(26-15)31-18(4)21(17(3)29-31)14-22(32)28-20-7-11-30(12-8-20)23(33)19-5-9-25-10-6-19/h5-6,9-10,13,20H,7-8,11-12,14H2,1-4H3,(H,28,32). The fraction of sp³-hybridized carbons (Fsp3) is 0.417. The molecule has 9 nitrogen and oxygen atoms in total. The molecule has 2 amide bonds. The van der Waals surface area contributed by atoms with Crippen LogP contribution >= 0.6 is 0 Å². The van der Waals surface area contributed by atoms with Crippen LogP contribution in [-0.4, -0.2) is 60.6 Å². The van der Waals surface area contributed by atoms with Gasteiger partial charge in [-0.2, -0.15) is 5.10 Å². The third-order valence-electron chi connectivity index (χ3n) is 6.01. The molecule has 4 rings (SSSR count). The van der Waals surface area contributed by atoms with E-state index in [1.165, 1.54) is 0 Å². The van der Waals surface area contributed by atoms with Crippen LogP contribution in [0.2, 0.25) is 0 Å². The summed E-state index contributed by atoms with van der Waals surface area (Å²) in [5.74, 6) is 0.487. The number of hydrogen-bond acceptors (Lipinski definition) is 6. The summed E-state index contributed by atoms with van der Waals surface area (Å²) in [5, 5.41) is 7.72. The molecule has 3 aromatic heterocycles. The van der Waals surface area contributed by atoms with Gasteiger partial charge in [0.05, 0.1) is 12.1 Å². The van der Waals surface area contributed by atoms with Crippen molar-refractivity contribution in [2.24, 2.45) is 0 Å². The van der Waals surface area contributed by atoms with E-state index in [2.05, 4.69) is 25.4 Å². The first-order valence-corrected chi connectivity index (χ1v) is 11.2. The van der Waals surface area contributed by atoms with Crippen molar-refractivity contribution >= 4 is 11.8 Å². The zero-order valence-electron chi connectivity index (χ0n) is 19.5. The fourth-order valence-corrected chi connectivity index (χ4v) is 4.27.